The lowest BCUT2D eigenvalue weighted by molar-refractivity contribution is -0.139. The van der Waals surface area contributed by atoms with E-state index in [0.29, 0.717) is 33.5 Å². The van der Waals surface area contributed by atoms with Crippen molar-refractivity contribution in [2.24, 2.45) is 0 Å². The van der Waals surface area contributed by atoms with Gasteiger partial charge in [-0.1, -0.05) is 72.1 Å². The maximum absolute atomic E-state index is 14.2. The number of hydrogen-bond acceptors (Lipinski definition) is 5. The van der Waals surface area contributed by atoms with Crippen molar-refractivity contribution in [3.8, 4) is 11.5 Å². The second-order valence-corrected chi connectivity index (χ2v) is 13.7. The van der Waals surface area contributed by atoms with Gasteiger partial charge in [0.2, 0.25) is 11.8 Å². The fourth-order valence-corrected chi connectivity index (χ4v) is 6.29. The minimum atomic E-state index is -4.22. The van der Waals surface area contributed by atoms with E-state index in [1.807, 2.05) is 51.1 Å². The topological polar surface area (TPSA) is 96.0 Å². The maximum Gasteiger partial charge on any atom is 0.264 e. The van der Waals surface area contributed by atoms with Crippen molar-refractivity contribution in [3.05, 3.63) is 118 Å². The Kier molecular flexibility index (Phi) is 11.7. The summed E-state index contributed by atoms with van der Waals surface area (Å²) in [5, 5.41) is 3.56. The molecule has 0 radical (unpaired) electrons. The first-order valence-corrected chi connectivity index (χ1v) is 17.0. The summed E-state index contributed by atoms with van der Waals surface area (Å²) in [6.45, 7) is 6.71. The van der Waals surface area contributed by atoms with Crippen molar-refractivity contribution in [1.29, 1.82) is 0 Å². The molecular weight excluding hydrogens is 645 g/mol. The fraction of sp³-hybridized carbons (Fsp3) is 0.257. The minimum Gasteiger partial charge on any atom is -0.457 e. The van der Waals surface area contributed by atoms with E-state index >= 15 is 0 Å². The number of rotatable bonds is 13. The van der Waals surface area contributed by atoms with Crippen LogP contribution in [0.2, 0.25) is 10.0 Å². The van der Waals surface area contributed by atoms with Crippen LogP contribution in [0.25, 0.3) is 0 Å². The molecule has 0 aliphatic heterocycles. The number of sulfonamides is 1. The van der Waals surface area contributed by atoms with E-state index in [1.54, 1.807) is 61.5 Å². The smallest absolute Gasteiger partial charge is 0.264 e. The largest absolute Gasteiger partial charge is 0.457 e. The van der Waals surface area contributed by atoms with E-state index < -0.39 is 28.5 Å². The van der Waals surface area contributed by atoms with Crippen LogP contribution in [0.4, 0.5) is 5.69 Å². The van der Waals surface area contributed by atoms with Crippen LogP contribution < -0.4 is 14.4 Å². The molecule has 4 aromatic carbocycles. The first kappa shape index (κ1) is 34.8. The number of carbonyl (C=O) groups excluding carboxylic acids is 2. The predicted molar refractivity (Wildman–Crippen MR) is 183 cm³/mol. The number of nitrogens with zero attached hydrogens (tertiary/aromatic N) is 2. The second kappa shape index (κ2) is 15.5. The zero-order valence-electron chi connectivity index (χ0n) is 26.1. The Bertz CT molecular complexity index is 1750. The Morgan fingerprint density at radius 2 is 1.48 bits per heavy atom. The summed E-state index contributed by atoms with van der Waals surface area (Å²) in [5.41, 5.74) is 1.76. The molecule has 0 aliphatic rings. The van der Waals surface area contributed by atoms with Crippen molar-refractivity contribution in [2.75, 3.05) is 10.8 Å². The zero-order chi connectivity index (χ0) is 33.4. The Labute approximate surface area is 280 Å². The van der Waals surface area contributed by atoms with Crippen molar-refractivity contribution in [3.63, 3.8) is 0 Å². The molecule has 0 saturated carbocycles. The Morgan fingerprint density at radius 3 is 2.09 bits per heavy atom. The van der Waals surface area contributed by atoms with Crippen LogP contribution in [-0.4, -0.2) is 43.8 Å². The number of halogens is 2. The van der Waals surface area contributed by atoms with Gasteiger partial charge >= 0.3 is 0 Å². The van der Waals surface area contributed by atoms with Gasteiger partial charge in [-0.05, 0) is 93.4 Å². The molecule has 46 heavy (non-hydrogen) atoms. The molecule has 0 heterocycles. The third-order valence-corrected chi connectivity index (χ3v) is 10.0. The van der Waals surface area contributed by atoms with Gasteiger partial charge in [0.05, 0.1) is 20.6 Å². The Morgan fingerprint density at radius 1 is 0.848 bits per heavy atom. The highest BCUT2D eigenvalue weighted by molar-refractivity contribution is 7.92. The molecule has 1 N–H and O–H groups in total. The monoisotopic (exact) mass is 681 g/mol. The van der Waals surface area contributed by atoms with Gasteiger partial charge in [0.1, 0.15) is 24.1 Å². The molecule has 8 nitrogen and oxygen atoms in total. The fourth-order valence-electron chi connectivity index (χ4n) is 4.55. The molecular formula is C35H37Cl2N3O5S. The lowest BCUT2D eigenvalue weighted by Gasteiger charge is -2.32. The van der Waals surface area contributed by atoms with Crippen molar-refractivity contribution in [1.82, 2.24) is 10.2 Å². The van der Waals surface area contributed by atoms with Crippen LogP contribution in [0.5, 0.6) is 11.5 Å². The van der Waals surface area contributed by atoms with E-state index in [9.17, 15) is 18.0 Å². The van der Waals surface area contributed by atoms with Crippen LogP contribution in [0.15, 0.2) is 102 Å². The number of ether oxygens (including phenoxy) is 1. The molecule has 242 valence electrons. The van der Waals surface area contributed by atoms with Gasteiger partial charge in [0.25, 0.3) is 10.0 Å². The van der Waals surface area contributed by atoms with Gasteiger partial charge in [-0.15, -0.1) is 0 Å². The van der Waals surface area contributed by atoms with Crippen molar-refractivity contribution < 1.29 is 22.7 Å². The first-order chi connectivity index (χ1) is 21.9. The maximum atomic E-state index is 14.2. The van der Waals surface area contributed by atoms with Gasteiger partial charge in [-0.3, -0.25) is 13.9 Å². The molecule has 0 bridgehead atoms. The van der Waals surface area contributed by atoms with Crippen LogP contribution in [0.1, 0.15) is 38.3 Å². The van der Waals surface area contributed by atoms with Gasteiger partial charge < -0.3 is 15.0 Å². The number of anilines is 1. The van der Waals surface area contributed by atoms with Crippen LogP contribution >= 0.6 is 23.2 Å². The third kappa shape index (κ3) is 8.81. The molecule has 0 aromatic heterocycles. The molecule has 0 fully saturated rings. The molecule has 0 aliphatic carbocycles. The number of benzene rings is 4. The Balaban J connectivity index is 1.71. The molecule has 4 aromatic rings. The van der Waals surface area contributed by atoms with Crippen molar-refractivity contribution in [2.45, 2.75) is 57.6 Å². The lowest BCUT2D eigenvalue weighted by atomic mass is 10.1. The normalized spacial score (nSPS) is 12.6. The van der Waals surface area contributed by atoms with E-state index in [1.165, 1.54) is 17.0 Å². The van der Waals surface area contributed by atoms with Crippen LogP contribution in [-0.2, 0) is 26.2 Å². The average Bonchev–Trinajstić information content (AvgIpc) is 3.04. The first-order valence-electron chi connectivity index (χ1n) is 14.8. The molecule has 0 saturated heterocycles. The van der Waals surface area contributed by atoms with Crippen molar-refractivity contribution >= 4 is 50.7 Å². The standard InChI is InChI=1S/C35H37Cl2N3O5S/c1-5-25(3)38-35(42)26(4)39(22-27-13-20-32(36)33(37)21-27)34(41)23-40(46(43,44)31-18-11-24(2)12-19-31)28-14-16-30(17-15-28)45-29-9-7-6-8-10-29/h6-21,25-26H,5,22-23H2,1-4H3,(H,38,42). The summed E-state index contributed by atoms with van der Waals surface area (Å²) in [6, 6.07) is 25.9. The summed E-state index contributed by atoms with van der Waals surface area (Å²) in [6.07, 6.45) is 0.700. The quantitative estimate of drug-likeness (QED) is 0.157. The predicted octanol–water partition coefficient (Wildman–Crippen LogP) is 7.62. The minimum absolute atomic E-state index is 0.00686. The number of para-hydroxylation sites is 1. The van der Waals surface area contributed by atoms with Crippen LogP contribution in [0, 0.1) is 6.92 Å². The van der Waals surface area contributed by atoms with E-state index in [0.717, 1.165) is 9.87 Å². The third-order valence-electron chi connectivity index (χ3n) is 7.50. The molecule has 2 atom stereocenters. The van der Waals surface area contributed by atoms with Gasteiger partial charge in [0, 0.05) is 12.6 Å². The zero-order valence-corrected chi connectivity index (χ0v) is 28.4. The molecule has 0 spiro atoms. The Hall–Kier alpha value is -4.05. The molecule has 2 amide bonds. The highest BCUT2D eigenvalue weighted by atomic mass is 35.5. The highest BCUT2D eigenvalue weighted by Crippen LogP contribution is 2.29. The average molecular weight is 683 g/mol. The summed E-state index contributed by atoms with van der Waals surface area (Å²) in [5.74, 6) is 0.166. The number of carbonyl (C=O) groups is 2. The lowest BCUT2D eigenvalue weighted by Crippen LogP contribution is -2.52. The number of aryl methyl sites for hydroxylation is 1. The molecule has 4 rings (SSSR count). The molecule has 2 unspecified atom stereocenters. The number of amides is 2. The van der Waals surface area contributed by atoms with Gasteiger partial charge in [-0.25, -0.2) is 8.42 Å². The highest BCUT2D eigenvalue weighted by Gasteiger charge is 2.33. The number of nitrogens with one attached hydrogen (secondary N) is 1. The summed E-state index contributed by atoms with van der Waals surface area (Å²) < 4.78 is 35.2. The van der Waals surface area contributed by atoms with E-state index in [-0.39, 0.29) is 29.1 Å². The van der Waals surface area contributed by atoms with Gasteiger partial charge in [0.15, 0.2) is 0 Å². The molecule has 11 heteroatoms. The summed E-state index contributed by atoms with van der Waals surface area (Å²) in [4.78, 5) is 28.8. The van der Waals surface area contributed by atoms with Crippen LogP contribution in [0.3, 0.4) is 0 Å². The van der Waals surface area contributed by atoms with Gasteiger partial charge in [-0.2, -0.15) is 0 Å². The number of hydrogen-bond donors (Lipinski definition) is 1. The summed E-state index contributed by atoms with van der Waals surface area (Å²) in [7, 11) is -4.22. The second-order valence-electron chi connectivity index (χ2n) is 11.0. The van der Waals surface area contributed by atoms with E-state index in [4.69, 9.17) is 27.9 Å². The van der Waals surface area contributed by atoms with E-state index in [2.05, 4.69) is 5.32 Å². The SMILES string of the molecule is CCC(C)NC(=O)C(C)N(Cc1ccc(Cl)c(Cl)c1)C(=O)CN(c1ccc(Oc2ccccc2)cc1)S(=O)(=O)c1ccc(C)cc1. The summed E-state index contributed by atoms with van der Waals surface area (Å²) >= 11 is 12.4.